The molecule has 0 amide bonds. The third kappa shape index (κ3) is 3.28. The highest BCUT2D eigenvalue weighted by Crippen LogP contribution is 2.30. The van der Waals surface area contributed by atoms with Gasteiger partial charge in [-0.05, 0) is 31.0 Å². The van der Waals surface area contributed by atoms with Gasteiger partial charge in [0.1, 0.15) is 5.75 Å². The van der Waals surface area contributed by atoms with Gasteiger partial charge >= 0.3 is 0 Å². The monoisotopic (exact) mass is 323 g/mol. The molecular formula is C17H22ClNO3. The first-order valence-corrected chi connectivity index (χ1v) is 8.10. The van der Waals surface area contributed by atoms with Gasteiger partial charge in [-0.25, -0.2) is 0 Å². The van der Waals surface area contributed by atoms with E-state index in [1.807, 2.05) is 6.92 Å². The molecule has 120 valence electrons. The molecule has 1 heterocycles. The molecule has 0 aliphatic heterocycles. The van der Waals surface area contributed by atoms with Gasteiger partial charge in [0.25, 0.3) is 5.56 Å². The minimum atomic E-state index is -0.237. The van der Waals surface area contributed by atoms with E-state index in [4.69, 9.17) is 16.3 Å². The number of hydrogen-bond acceptors (Lipinski definition) is 3. The van der Waals surface area contributed by atoms with Gasteiger partial charge in [-0.3, -0.25) is 4.79 Å². The average molecular weight is 324 g/mol. The summed E-state index contributed by atoms with van der Waals surface area (Å²) in [6.07, 6.45) is 2.74. The van der Waals surface area contributed by atoms with E-state index in [0.717, 1.165) is 19.3 Å². The number of aliphatic hydroxyl groups is 1. The molecule has 4 nitrogen and oxygen atoms in total. The van der Waals surface area contributed by atoms with Gasteiger partial charge in [-0.15, -0.1) is 0 Å². The number of unbranched alkanes of at least 4 members (excludes halogenated alkanes) is 1. The third-order valence-corrected chi connectivity index (χ3v) is 3.87. The van der Waals surface area contributed by atoms with Gasteiger partial charge in [0.2, 0.25) is 0 Å². The molecule has 0 spiro atoms. The highest BCUT2D eigenvalue weighted by atomic mass is 35.5. The summed E-state index contributed by atoms with van der Waals surface area (Å²) in [6, 6.07) is 5.16. The van der Waals surface area contributed by atoms with Crippen LogP contribution in [-0.4, -0.2) is 16.3 Å². The number of pyridine rings is 1. The first-order valence-electron chi connectivity index (χ1n) is 7.72. The Labute approximate surface area is 135 Å². The van der Waals surface area contributed by atoms with E-state index in [2.05, 4.69) is 6.92 Å². The number of hydrogen-bond donors (Lipinski definition) is 1. The van der Waals surface area contributed by atoms with Crippen molar-refractivity contribution in [1.82, 2.24) is 4.57 Å². The number of ether oxygens (including phenoxy) is 1. The molecule has 22 heavy (non-hydrogen) atoms. The van der Waals surface area contributed by atoms with Crippen molar-refractivity contribution in [1.29, 1.82) is 0 Å². The molecule has 0 aliphatic rings. The Hall–Kier alpha value is -1.52. The second-order valence-electron chi connectivity index (χ2n) is 5.28. The van der Waals surface area contributed by atoms with Crippen molar-refractivity contribution in [3.05, 3.63) is 39.3 Å². The van der Waals surface area contributed by atoms with Crippen LogP contribution in [0.3, 0.4) is 0 Å². The molecule has 0 radical (unpaired) electrons. The molecule has 1 N–H and O–H groups in total. The summed E-state index contributed by atoms with van der Waals surface area (Å²) in [6.45, 7) is 4.95. The maximum absolute atomic E-state index is 12.6. The largest absolute Gasteiger partial charge is 0.491 e. The second kappa shape index (κ2) is 7.65. The normalized spacial score (nSPS) is 11.1. The van der Waals surface area contributed by atoms with Crippen LogP contribution >= 0.6 is 11.6 Å². The topological polar surface area (TPSA) is 51.5 Å². The zero-order valence-electron chi connectivity index (χ0n) is 13.1. The van der Waals surface area contributed by atoms with Gasteiger partial charge in [-0.2, -0.15) is 0 Å². The molecule has 0 fully saturated rings. The number of aromatic nitrogens is 1. The zero-order chi connectivity index (χ0) is 16.1. The van der Waals surface area contributed by atoms with Crippen LogP contribution in [0.25, 0.3) is 10.8 Å². The molecule has 5 heteroatoms. The molecule has 0 saturated carbocycles. The van der Waals surface area contributed by atoms with Crippen LogP contribution in [0.15, 0.2) is 23.0 Å². The minimum absolute atomic E-state index is 0.111. The average Bonchev–Trinajstić information content (AvgIpc) is 2.51. The standard InChI is InChI=1S/C17H22ClNO3/c1-3-5-9-22-16-14-10-12(18)6-7-13(14)17(21)19(8-4-2)15(16)11-20/h6-7,10,20H,3-5,8-9,11H2,1-2H3. The van der Waals surface area contributed by atoms with Gasteiger partial charge < -0.3 is 14.4 Å². The Kier molecular flexibility index (Phi) is 5.86. The predicted octanol–water partition coefficient (Wildman–Crippen LogP) is 3.74. The van der Waals surface area contributed by atoms with Crippen LogP contribution in [-0.2, 0) is 13.2 Å². The molecular weight excluding hydrogens is 302 g/mol. The van der Waals surface area contributed by atoms with Gasteiger partial charge in [0.05, 0.1) is 24.3 Å². The lowest BCUT2D eigenvalue weighted by atomic mass is 10.1. The summed E-state index contributed by atoms with van der Waals surface area (Å²) in [5.74, 6) is 0.571. The van der Waals surface area contributed by atoms with E-state index in [1.54, 1.807) is 22.8 Å². The van der Waals surface area contributed by atoms with Gasteiger partial charge in [0.15, 0.2) is 0 Å². The molecule has 0 atom stereocenters. The summed E-state index contributed by atoms with van der Waals surface area (Å²) >= 11 is 6.07. The van der Waals surface area contributed by atoms with Crippen molar-refractivity contribution in [3.63, 3.8) is 0 Å². The Balaban J connectivity index is 2.71. The van der Waals surface area contributed by atoms with Crippen LogP contribution in [0.1, 0.15) is 38.8 Å². The number of halogens is 1. The van der Waals surface area contributed by atoms with Crippen LogP contribution < -0.4 is 10.3 Å². The first kappa shape index (κ1) is 16.8. The highest BCUT2D eigenvalue weighted by Gasteiger charge is 2.17. The molecule has 1 aromatic heterocycles. The highest BCUT2D eigenvalue weighted by molar-refractivity contribution is 6.31. The molecule has 2 rings (SSSR count). The quantitative estimate of drug-likeness (QED) is 0.790. The summed E-state index contributed by atoms with van der Waals surface area (Å²) in [5, 5.41) is 11.6. The van der Waals surface area contributed by atoms with Crippen LogP contribution in [0.5, 0.6) is 5.75 Å². The molecule has 1 aromatic carbocycles. The van der Waals surface area contributed by atoms with Gasteiger partial charge in [0, 0.05) is 17.0 Å². The number of rotatable bonds is 7. The summed E-state index contributed by atoms with van der Waals surface area (Å²) in [7, 11) is 0. The van der Waals surface area contributed by atoms with E-state index in [9.17, 15) is 9.90 Å². The molecule has 0 unspecified atom stereocenters. The number of aliphatic hydroxyl groups excluding tert-OH is 1. The molecule has 0 saturated heterocycles. The second-order valence-corrected chi connectivity index (χ2v) is 5.72. The number of benzene rings is 1. The lowest BCUT2D eigenvalue weighted by molar-refractivity contribution is 0.248. The number of nitrogens with zero attached hydrogens (tertiary/aromatic N) is 1. The fraction of sp³-hybridized carbons (Fsp3) is 0.471. The van der Waals surface area contributed by atoms with Crippen molar-refractivity contribution >= 4 is 22.4 Å². The lowest BCUT2D eigenvalue weighted by Gasteiger charge is -2.18. The zero-order valence-corrected chi connectivity index (χ0v) is 13.8. The SMILES string of the molecule is CCCCOc1c(CO)n(CCC)c(=O)c2ccc(Cl)cc12. The van der Waals surface area contributed by atoms with E-state index < -0.39 is 0 Å². The molecule has 2 aromatic rings. The summed E-state index contributed by atoms with van der Waals surface area (Å²) < 4.78 is 7.51. The summed E-state index contributed by atoms with van der Waals surface area (Å²) in [5.41, 5.74) is 0.415. The predicted molar refractivity (Wildman–Crippen MR) is 89.8 cm³/mol. The van der Waals surface area contributed by atoms with Crippen molar-refractivity contribution in [2.45, 2.75) is 46.3 Å². The fourth-order valence-electron chi connectivity index (χ4n) is 2.53. The van der Waals surface area contributed by atoms with Crippen molar-refractivity contribution in [2.24, 2.45) is 0 Å². The maximum atomic E-state index is 12.6. The Morgan fingerprint density at radius 2 is 2.00 bits per heavy atom. The lowest BCUT2D eigenvalue weighted by Crippen LogP contribution is -2.25. The Morgan fingerprint density at radius 1 is 1.23 bits per heavy atom. The third-order valence-electron chi connectivity index (χ3n) is 3.63. The van der Waals surface area contributed by atoms with Crippen molar-refractivity contribution in [3.8, 4) is 5.75 Å². The summed E-state index contributed by atoms with van der Waals surface area (Å²) in [4.78, 5) is 12.6. The van der Waals surface area contributed by atoms with Crippen LogP contribution in [0.4, 0.5) is 0 Å². The van der Waals surface area contributed by atoms with Crippen LogP contribution in [0.2, 0.25) is 5.02 Å². The van der Waals surface area contributed by atoms with Crippen molar-refractivity contribution < 1.29 is 9.84 Å². The van der Waals surface area contributed by atoms with Crippen molar-refractivity contribution in [2.75, 3.05) is 6.61 Å². The Morgan fingerprint density at radius 3 is 2.64 bits per heavy atom. The number of fused-ring (bicyclic) bond motifs is 1. The van der Waals surface area contributed by atoms with E-state index in [-0.39, 0.29) is 12.2 Å². The van der Waals surface area contributed by atoms with E-state index in [1.165, 1.54) is 0 Å². The van der Waals surface area contributed by atoms with Gasteiger partial charge in [-0.1, -0.05) is 31.9 Å². The maximum Gasteiger partial charge on any atom is 0.258 e. The van der Waals surface area contributed by atoms with Crippen LogP contribution in [0, 0.1) is 0 Å². The fourth-order valence-corrected chi connectivity index (χ4v) is 2.71. The first-order chi connectivity index (χ1) is 10.6. The molecule has 0 bridgehead atoms. The van der Waals surface area contributed by atoms with E-state index >= 15 is 0 Å². The van der Waals surface area contributed by atoms with E-state index in [0.29, 0.717) is 40.4 Å². The smallest absolute Gasteiger partial charge is 0.258 e. The Bertz CT molecular complexity index is 709. The molecule has 0 aliphatic carbocycles. The minimum Gasteiger partial charge on any atom is -0.491 e.